The minimum absolute atomic E-state index is 0. The molecule has 0 spiro atoms. The second-order valence-corrected chi connectivity index (χ2v) is 2.40. The van der Waals surface area contributed by atoms with E-state index >= 15 is 0 Å². The summed E-state index contributed by atoms with van der Waals surface area (Å²) in [5.74, 6) is 0. The van der Waals surface area contributed by atoms with Crippen molar-refractivity contribution in [1.29, 1.82) is 0 Å². The molecule has 0 atom stereocenters. The van der Waals surface area contributed by atoms with Crippen LogP contribution in [0.4, 0.5) is 0 Å². The van der Waals surface area contributed by atoms with E-state index in [0.29, 0.717) is 0 Å². The fourth-order valence-electron chi connectivity index (χ4n) is 0. The maximum atomic E-state index is 8.76. The quantitative estimate of drug-likeness (QED) is 0.331. The van der Waals surface area contributed by atoms with Crippen molar-refractivity contribution in [3.8, 4) is 0 Å². The molecule has 0 aliphatic rings. The van der Waals surface area contributed by atoms with Crippen LogP contribution in [0.25, 0.3) is 0 Å². The van der Waals surface area contributed by atoms with E-state index < -0.39 is 29.0 Å². The van der Waals surface area contributed by atoms with E-state index in [-0.39, 0.29) is 52.8 Å². The minimum atomic E-state index is -3.29. The summed E-state index contributed by atoms with van der Waals surface area (Å²) in [6, 6.07) is 0. The van der Waals surface area contributed by atoms with Crippen LogP contribution in [0.2, 0.25) is 0 Å². The fraction of sp³-hybridized carbons (Fsp3) is 0. The van der Waals surface area contributed by atoms with Gasteiger partial charge in [0.1, 0.15) is 0 Å². The van der Waals surface area contributed by atoms with Gasteiger partial charge in [-0.05, 0) is 0 Å². The third-order valence-corrected chi connectivity index (χ3v) is 0. The smallest absolute Gasteiger partial charge is 1.00 e. The number of hydrogen-bond acceptors (Lipinski definition) is 2. The van der Waals surface area contributed by atoms with Crippen LogP contribution in [0.15, 0.2) is 0 Å². The van der Waals surface area contributed by atoms with Gasteiger partial charge in [0, 0.05) is 0 Å². The van der Waals surface area contributed by atoms with Crippen molar-refractivity contribution in [2.75, 3.05) is 0 Å². The second kappa shape index (κ2) is 12.8. The zero-order valence-corrected chi connectivity index (χ0v) is 11.0. The van der Waals surface area contributed by atoms with Gasteiger partial charge in [-0.25, -0.2) is 0 Å². The van der Waals surface area contributed by atoms with E-state index in [1.54, 1.807) is 0 Å². The molecule has 0 amide bonds. The Morgan fingerprint density at radius 3 is 0.889 bits per heavy atom. The summed E-state index contributed by atoms with van der Waals surface area (Å²) in [5, 5.41) is 0. The van der Waals surface area contributed by atoms with Gasteiger partial charge in [-0.15, -0.1) is 0 Å². The Labute approximate surface area is 104 Å². The van der Waals surface area contributed by atoms with Gasteiger partial charge in [-0.2, -0.15) is 0 Å². The molecular weight excluding hydrogens is 293 g/mol. The average molecular weight is 298 g/mol. The van der Waals surface area contributed by atoms with Crippen LogP contribution in [0.1, 0.15) is 1.43 Å². The Kier molecular flexibility index (Phi) is 24.5. The molecule has 6 nitrogen and oxygen atoms in total. The molecule has 0 radical (unpaired) electrons. The summed E-state index contributed by atoms with van der Waals surface area (Å²) in [6.45, 7) is 0. The first-order chi connectivity index (χ1) is 3.46. The Morgan fingerprint density at radius 1 is 0.889 bits per heavy atom. The van der Waals surface area contributed by atoms with Crippen LogP contribution in [-0.4, -0.2) is 45.7 Å². The van der Waals surface area contributed by atoms with Crippen LogP contribution >= 0.6 is 0 Å². The first-order valence-corrected chi connectivity index (χ1v) is 5.53. The minimum Gasteiger partial charge on any atom is -1.00 e. The number of hydrogen-bond donors (Lipinski definition) is 4. The molecule has 0 saturated carbocycles. The molecule has 0 aromatic heterocycles. The van der Waals surface area contributed by atoms with E-state index in [0.717, 1.165) is 0 Å². The molecule has 0 fully saturated rings. The summed E-state index contributed by atoms with van der Waals surface area (Å²) in [5.41, 5.74) is 0. The Balaban J connectivity index is -0.0000000300. The van der Waals surface area contributed by atoms with Crippen molar-refractivity contribution >= 4 is 29.0 Å². The van der Waals surface area contributed by atoms with E-state index in [4.69, 9.17) is 24.4 Å². The van der Waals surface area contributed by atoms with Gasteiger partial charge in [0.25, 0.3) is 0 Å². The molecule has 0 unspecified atom stereocenters. The molecule has 54 valence electrons. The molecular formula is H5KO6Se2. The van der Waals surface area contributed by atoms with Gasteiger partial charge in [0.15, 0.2) is 0 Å². The third-order valence-electron chi connectivity index (χ3n) is 0. The van der Waals surface area contributed by atoms with Crippen molar-refractivity contribution in [2.45, 2.75) is 0 Å². The van der Waals surface area contributed by atoms with Gasteiger partial charge >= 0.3 is 105 Å². The zero-order valence-electron chi connectivity index (χ0n) is 5.42. The molecule has 0 aliphatic carbocycles. The van der Waals surface area contributed by atoms with Gasteiger partial charge in [-0.1, -0.05) is 0 Å². The topological polar surface area (TPSA) is 115 Å². The van der Waals surface area contributed by atoms with Crippen LogP contribution in [0, 0.1) is 0 Å². The molecule has 0 aromatic carbocycles. The van der Waals surface area contributed by atoms with Crippen LogP contribution in [-0.2, 0) is 7.67 Å². The van der Waals surface area contributed by atoms with Gasteiger partial charge in [0.2, 0.25) is 0 Å². The molecule has 0 heterocycles. The van der Waals surface area contributed by atoms with Crippen molar-refractivity contribution in [3.05, 3.63) is 0 Å². The average Bonchev–Trinajstić information content (AvgIpc) is 1.25. The largest absolute Gasteiger partial charge is 1.00 e. The third kappa shape index (κ3) is 149. The fourth-order valence-corrected chi connectivity index (χ4v) is 0. The molecule has 9 heteroatoms. The van der Waals surface area contributed by atoms with Crippen LogP contribution in [0.5, 0.6) is 0 Å². The molecule has 0 rings (SSSR count). The SMILES string of the molecule is O=[Se](O)O.O=[Se](O)O.[H-].[K+]. The number of rotatable bonds is 0. The van der Waals surface area contributed by atoms with Crippen molar-refractivity contribution < 1.29 is 77.2 Å². The second-order valence-electron chi connectivity index (χ2n) is 0.461. The van der Waals surface area contributed by atoms with E-state index in [9.17, 15) is 0 Å². The Morgan fingerprint density at radius 2 is 0.889 bits per heavy atom. The van der Waals surface area contributed by atoms with Crippen LogP contribution in [0.3, 0.4) is 0 Å². The summed E-state index contributed by atoms with van der Waals surface area (Å²) in [6.07, 6.45) is 0. The predicted octanol–water partition coefficient (Wildman–Crippen LogP) is -6.11. The van der Waals surface area contributed by atoms with Crippen molar-refractivity contribution in [2.24, 2.45) is 0 Å². The van der Waals surface area contributed by atoms with Crippen LogP contribution < -0.4 is 51.4 Å². The standard InChI is InChI=1S/K.2H2O3Se.H/c;2*1-4(2)3;/h;2*(H2,1,2,3);/q+1;;;-1. The van der Waals surface area contributed by atoms with Crippen molar-refractivity contribution in [3.63, 3.8) is 0 Å². The monoisotopic (exact) mass is 300 g/mol. The Bertz CT molecular complexity index is 73.7. The predicted molar refractivity (Wildman–Crippen MR) is 22.9 cm³/mol. The molecule has 0 aromatic rings. The summed E-state index contributed by atoms with van der Waals surface area (Å²) in [7, 11) is 0. The van der Waals surface area contributed by atoms with Crippen molar-refractivity contribution in [1.82, 2.24) is 0 Å². The van der Waals surface area contributed by atoms with Gasteiger partial charge < -0.3 is 1.43 Å². The van der Waals surface area contributed by atoms with E-state index in [2.05, 4.69) is 0 Å². The maximum absolute atomic E-state index is 8.76. The molecule has 0 aliphatic heterocycles. The van der Waals surface area contributed by atoms with Gasteiger partial charge in [-0.3, -0.25) is 0 Å². The zero-order chi connectivity index (χ0) is 7.15. The molecule has 9 heavy (non-hydrogen) atoms. The maximum Gasteiger partial charge on any atom is 1.00 e. The summed E-state index contributed by atoms with van der Waals surface area (Å²) < 4.78 is 46.2. The normalized spacial score (nSPS) is 7.78. The summed E-state index contributed by atoms with van der Waals surface area (Å²) >= 11 is -6.58. The summed E-state index contributed by atoms with van der Waals surface area (Å²) in [4.78, 5) is 0. The van der Waals surface area contributed by atoms with Gasteiger partial charge in [0.05, 0.1) is 0 Å². The molecule has 0 saturated heterocycles. The molecule has 4 N–H and O–H groups in total. The first-order valence-electron chi connectivity index (χ1n) is 1.06. The first kappa shape index (κ1) is 17.3. The Hall–Kier alpha value is 2.12. The van der Waals surface area contributed by atoms with E-state index in [1.807, 2.05) is 0 Å². The van der Waals surface area contributed by atoms with E-state index in [1.165, 1.54) is 0 Å². The molecule has 0 bridgehead atoms.